The number of thiazole rings is 1. The Balaban J connectivity index is 2.27. The fourth-order valence-corrected chi connectivity index (χ4v) is 2.41. The molecule has 0 fully saturated rings. The largest absolute Gasteiger partial charge is 0.367 e. The van der Waals surface area contributed by atoms with Gasteiger partial charge in [-0.25, -0.2) is 4.98 Å². The van der Waals surface area contributed by atoms with Crippen molar-refractivity contribution in [2.75, 3.05) is 0 Å². The predicted octanol–water partition coefficient (Wildman–Crippen LogP) is 2.90. The molecule has 2 aromatic rings. The first-order valence-corrected chi connectivity index (χ1v) is 5.59. The lowest BCUT2D eigenvalue weighted by Gasteiger charge is -1.91. The zero-order valence-electron chi connectivity index (χ0n) is 8.45. The van der Waals surface area contributed by atoms with Gasteiger partial charge in [-0.2, -0.15) is 5.26 Å². The molecule has 0 amide bonds. The van der Waals surface area contributed by atoms with E-state index >= 15 is 0 Å². The summed E-state index contributed by atoms with van der Waals surface area (Å²) < 4.78 is 0. The molecule has 0 radical (unpaired) electrons. The van der Waals surface area contributed by atoms with Crippen molar-refractivity contribution >= 4 is 11.3 Å². The third-order valence-electron chi connectivity index (χ3n) is 2.16. The zero-order valence-corrected chi connectivity index (χ0v) is 9.27. The molecule has 0 aliphatic carbocycles. The number of H-pyrrole nitrogens is 1. The first-order chi connectivity index (χ1) is 7.31. The topological polar surface area (TPSA) is 52.5 Å². The van der Waals surface area contributed by atoms with Crippen molar-refractivity contribution < 1.29 is 0 Å². The number of nitrogens with one attached hydrogen (secondary N) is 1. The zero-order chi connectivity index (χ0) is 10.7. The maximum Gasteiger partial charge on any atom is 0.0945 e. The number of hydrogen-bond acceptors (Lipinski definition) is 3. The summed E-state index contributed by atoms with van der Waals surface area (Å²) in [5.41, 5.74) is 2.15. The molecule has 3 nitrogen and oxygen atoms in total. The Morgan fingerprint density at radius 3 is 3.13 bits per heavy atom. The van der Waals surface area contributed by atoms with Gasteiger partial charge in [0.1, 0.15) is 0 Å². The van der Waals surface area contributed by atoms with Gasteiger partial charge in [0.15, 0.2) is 0 Å². The molecule has 0 spiro atoms. The summed E-state index contributed by atoms with van der Waals surface area (Å²) in [5.74, 6) is 0. The van der Waals surface area contributed by atoms with Crippen LogP contribution in [0.4, 0.5) is 0 Å². The van der Waals surface area contributed by atoms with Crippen LogP contribution in [0.2, 0.25) is 0 Å². The van der Waals surface area contributed by atoms with Gasteiger partial charge >= 0.3 is 0 Å². The lowest BCUT2D eigenvalue weighted by molar-refractivity contribution is 0.990. The fraction of sp³-hybridized carbons (Fsp3) is 0.273. The van der Waals surface area contributed by atoms with E-state index in [0.717, 1.165) is 22.7 Å². The van der Waals surface area contributed by atoms with Crippen LogP contribution in [-0.4, -0.2) is 9.97 Å². The Bertz CT molecular complexity index is 476. The van der Waals surface area contributed by atoms with Crippen molar-refractivity contribution in [1.82, 2.24) is 9.97 Å². The maximum atomic E-state index is 8.51. The van der Waals surface area contributed by atoms with Gasteiger partial charge in [0.05, 0.1) is 16.8 Å². The van der Waals surface area contributed by atoms with E-state index in [9.17, 15) is 0 Å². The van der Waals surface area contributed by atoms with E-state index in [2.05, 4.69) is 23.0 Å². The summed E-state index contributed by atoms with van der Waals surface area (Å²) >= 11 is 1.68. The van der Waals surface area contributed by atoms with Crippen LogP contribution >= 0.6 is 11.3 Å². The summed E-state index contributed by atoms with van der Waals surface area (Å²) in [4.78, 5) is 8.77. The average molecular weight is 217 g/mol. The molecule has 15 heavy (non-hydrogen) atoms. The number of aromatic amines is 1. The molecule has 1 N–H and O–H groups in total. The van der Waals surface area contributed by atoms with Gasteiger partial charge in [-0.15, -0.1) is 11.3 Å². The molecule has 0 atom stereocenters. The van der Waals surface area contributed by atoms with Crippen molar-refractivity contribution in [3.05, 3.63) is 28.3 Å². The Hall–Kier alpha value is -1.60. The number of aromatic nitrogens is 2. The van der Waals surface area contributed by atoms with Gasteiger partial charge in [-0.3, -0.25) is 0 Å². The number of hydrogen-bond donors (Lipinski definition) is 1. The fourth-order valence-electron chi connectivity index (χ4n) is 1.46. The molecular formula is C11H11N3S. The van der Waals surface area contributed by atoms with Crippen LogP contribution in [0.25, 0.3) is 11.3 Å². The van der Waals surface area contributed by atoms with Gasteiger partial charge in [-0.1, -0.05) is 0 Å². The van der Waals surface area contributed by atoms with Gasteiger partial charge < -0.3 is 4.98 Å². The van der Waals surface area contributed by atoms with Crippen LogP contribution in [0, 0.1) is 18.3 Å². The molecule has 0 saturated carbocycles. The summed E-state index contributed by atoms with van der Waals surface area (Å²) in [7, 11) is 0. The minimum Gasteiger partial charge on any atom is -0.367 e. The van der Waals surface area contributed by atoms with Gasteiger partial charge in [0.2, 0.25) is 0 Å². The van der Waals surface area contributed by atoms with E-state index < -0.39 is 0 Å². The molecule has 0 unspecified atom stereocenters. The Morgan fingerprint density at radius 2 is 2.47 bits per heavy atom. The molecule has 0 bridgehead atoms. The van der Waals surface area contributed by atoms with Crippen LogP contribution in [0.5, 0.6) is 0 Å². The molecular weight excluding hydrogens is 206 g/mol. The second-order valence-corrected chi connectivity index (χ2v) is 4.56. The third-order valence-corrected chi connectivity index (χ3v) is 3.19. The van der Waals surface area contributed by atoms with Gasteiger partial charge in [-0.05, 0) is 13.0 Å². The van der Waals surface area contributed by atoms with Crippen LogP contribution in [0.3, 0.4) is 0 Å². The highest BCUT2D eigenvalue weighted by atomic mass is 32.1. The Morgan fingerprint density at radius 1 is 1.60 bits per heavy atom. The summed E-state index contributed by atoms with van der Waals surface area (Å²) in [5, 5.41) is 9.56. The normalized spacial score (nSPS) is 10.1. The maximum absolute atomic E-state index is 8.51. The van der Waals surface area contributed by atoms with Crippen molar-refractivity contribution in [3.63, 3.8) is 0 Å². The third kappa shape index (κ3) is 2.08. The van der Waals surface area contributed by atoms with Crippen LogP contribution < -0.4 is 0 Å². The standard InChI is InChI=1S/C11H11N3S/c1-8-11(9-4-6-13-7-9)14-10(15-8)3-2-5-12/h4,6-7,13H,2-3H2,1H3. The van der Waals surface area contributed by atoms with E-state index in [1.807, 2.05) is 18.5 Å². The Labute approximate surface area is 92.4 Å². The highest BCUT2D eigenvalue weighted by molar-refractivity contribution is 7.12. The van der Waals surface area contributed by atoms with E-state index in [1.165, 1.54) is 4.88 Å². The van der Waals surface area contributed by atoms with Crippen molar-refractivity contribution in [1.29, 1.82) is 5.26 Å². The van der Waals surface area contributed by atoms with Gasteiger partial charge in [0.25, 0.3) is 0 Å². The van der Waals surface area contributed by atoms with Crippen molar-refractivity contribution in [3.8, 4) is 17.3 Å². The monoisotopic (exact) mass is 217 g/mol. The smallest absolute Gasteiger partial charge is 0.0945 e. The summed E-state index contributed by atoms with van der Waals surface area (Å²) in [6.45, 7) is 2.07. The van der Waals surface area contributed by atoms with E-state index in [-0.39, 0.29) is 0 Å². The molecule has 0 aliphatic heterocycles. The van der Waals surface area contributed by atoms with Crippen molar-refractivity contribution in [2.24, 2.45) is 0 Å². The molecule has 2 heterocycles. The number of aryl methyl sites for hydroxylation is 2. The SMILES string of the molecule is Cc1sc(CCC#N)nc1-c1cc[nH]c1. The average Bonchev–Trinajstić information content (AvgIpc) is 2.83. The summed E-state index contributed by atoms with van der Waals surface area (Å²) in [6.07, 6.45) is 5.13. The molecule has 4 heteroatoms. The lowest BCUT2D eigenvalue weighted by Crippen LogP contribution is -1.82. The first kappa shape index (κ1) is 9.94. The van der Waals surface area contributed by atoms with Crippen LogP contribution in [-0.2, 0) is 6.42 Å². The Kier molecular flexibility index (Phi) is 2.84. The predicted molar refractivity (Wildman–Crippen MR) is 60.6 cm³/mol. The second-order valence-electron chi connectivity index (χ2n) is 3.27. The number of rotatable bonds is 3. The molecule has 2 rings (SSSR count). The molecule has 2 aromatic heterocycles. The second kappa shape index (κ2) is 4.28. The lowest BCUT2D eigenvalue weighted by atomic mass is 10.2. The van der Waals surface area contributed by atoms with Gasteiger partial charge in [0, 0.05) is 35.7 Å². The number of nitrogens with zero attached hydrogens (tertiary/aromatic N) is 2. The molecule has 0 saturated heterocycles. The molecule has 76 valence electrons. The van der Waals surface area contributed by atoms with E-state index in [4.69, 9.17) is 5.26 Å². The quantitative estimate of drug-likeness (QED) is 0.859. The number of nitriles is 1. The minimum atomic E-state index is 0.541. The minimum absolute atomic E-state index is 0.541. The molecule has 0 aromatic carbocycles. The molecule has 0 aliphatic rings. The highest BCUT2D eigenvalue weighted by Crippen LogP contribution is 2.27. The van der Waals surface area contributed by atoms with Crippen LogP contribution in [0.1, 0.15) is 16.3 Å². The highest BCUT2D eigenvalue weighted by Gasteiger charge is 2.09. The van der Waals surface area contributed by atoms with Crippen molar-refractivity contribution in [2.45, 2.75) is 19.8 Å². The van der Waals surface area contributed by atoms with E-state index in [0.29, 0.717) is 6.42 Å². The van der Waals surface area contributed by atoms with Crippen LogP contribution in [0.15, 0.2) is 18.5 Å². The first-order valence-electron chi connectivity index (χ1n) is 4.77. The van der Waals surface area contributed by atoms with E-state index in [1.54, 1.807) is 11.3 Å². The summed E-state index contributed by atoms with van der Waals surface area (Å²) in [6, 6.07) is 4.15.